The molecule has 0 unspecified atom stereocenters. The van der Waals surface area contributed by atoms with E-state index in [0.717, 1.165) is 36.5 Å². The molecule has 1 fully saturated rings. The molecule has 5 nitrogen and oxygen atoms in total. The average Bonchev–Trinajstić information content (AvgIpc) is 3.10. The highest BCUT2D eigenvalue weighted by molar-refractivity contribution is 5.56. The Bertz CT molecular complexity index is 636. The van der Waals surface area contributed by atoms with E-state index in [9.17, 15) is 0 Å². The molecule has 1 aromatic heterocycles. The maximum absolute atomic E-state index is 5.79. The zero-order valence-corrected chi connectivity index (χ0v) is 10.3. The standard InChI is InChI=1S/C14H13N3O2/c15-9-6-16-13(17-7-9)19-11-3-1-2-10-12(11)14(4-5-14)8-18-10/h1-3,6-7H,4-5,8,15H2. The zero-order chi connectivity index (χ0) is 12.9. The second-order valence-corrected chi connectivity index (χ2v) is 5.10. The summed E-state index contributed by atoms with van der Waals surface area (Å²) in [5.74, 6) is 1.71. The second kappa shape index (κ2) is 3.60. The lowest BCUT2D eigenvalue weighted by atomic mass is 9.97. The van der Waals surface area contributed by atoms with Crippen molar-refractivity contribution >= 4 is 5.69 Å². The first-order chi connectivity index (χ1) is 9.27. The van der Waals surface area contributed by atoms with E-state index in [1.54, 1.807) is 0 Å². The molecule has 1 saturated carbocycles. The Morgan fingerprint density at radius 1 is 1.21 bits per heavy atom. The van der Waals surface area contributed by atoms with E-state index < -0.39 is 0 Å². The van der Waals surface area contributed by atoms with Crippen LogP contribution in [0.5, 0.6) is 17.5 Å². The van der Waals surface area contributed by atoms with Crippen molar-refractivity contribution in [2.45, 2.75) is 18.3 Å². The van der Waals surface area contributed by atoms with E-state index >= 15 is 0 Å². The lowest BCUT2D eigenvalue weighted by molar-refractivity contribution is 0.323. The van der Waals surface area contributed by atoms with E-state index in [2.05, 4.69) is 9.97 Å². The Morgan fingerprint density at radius 2 is 2.00 bits per heavy atom. The number of aromatic nitrogens is 2. The Balaban J connectivity index is 1.73. The van der Waals surface area contributed by atoms with E-state index in [0.29, 0.717) is 11.7 Å². The molecular formula is C14H13N3O2. The largest absolute Gasteiger partial charge is 0.492 e. The summed E-state index contributed by atoms with van der Waals surface area (Å²) in [6.45, 7) is 0.755. The molecule has 0 atom stereocenters. The monoisotopic (exact) mass is 255 g/mol. The predicted molar refractivity (Wildman–Crippen MR) is 69.4 cm³/mol. The molecule has 0 saturated heterocycles. The number of nitrogens with two attached hydrogens (primary N) is 1. The number of nitrogens with zero attached hydrogens (tertiary/aromatic N) is 2. The van der Waals surface area contributed by atoms with Gasteiger partial charge >= 0.3 is 6.01 Å². The fourth-order valence-corrected chi connectivity index (χ4v) is 2.55. The number of rotatable bonds is 2. The van der Waals surface area contributed by atoms with Crippen LogP contribution in [-0.4, -0.2) is 16.6 Å². The second-order valence-electron chi connectivity index (χ2n) is 5.10. The van der Waals surface area contributed by atoms with Gasteiger partial charge < -0.3 is 15.2 Å². The van der Waals surface area contributed by atoms with E-state index in [-0.39, 0.29) is 5.41 Å². The van der Waals surface area contributed by atoms with Gasteiger partial charge in [0, 0.05) is 11.0 Å². The molecule has 1 aliphatic carbocycles. The van der Waals surface area contributed by atoms with Crippen LogP contribution >= 0.6 is 0 Å². The molecule has 19 heavy (non-hydrogen) atoms. The Hall–Kier alpha value is -2.30. The molecule has 96 valence electrons. The number of fused-ring (bicyclic) bond motifs is 2. The van der Waals surface area contributed by atoms with Gasteiger partial charge in [-0.3, -0.25) is 0 Å². The highest BCUT2D eigenvalue weighted by atomic mass is 16.5. The molecule has 1 spiro atoms. The number of ether oxygens (including phenoxy) is 2. The first-order valence-electron chi connectivity index (χ1n) is 6.29. The molecule has 2 N–H and O–H groups in total. The lowest BCUT2D eigenvalue weighted by Crippen LogP contribution is -2.08. The molecule has 1 aromatic carbocycles. The highest BCUT2D eigenvalue weighted by Crippen LogP contribution is 2.58. The third-order valence-electron chi connectivity index (χ3n) is 3.73. The van der Waals surface area contributed by atoms with Gasteiger partial charge in [-0.15, -0.1) is 0 Å². The summed E-state index contributed by atoms with van der Waals surface area (Å²) >= 11 is 0. The van der Waals surface area contributed by atoms with Crippen molar-refractivity contribution in [1.29, 1.82) is 0 Å². The van der Waals surface area contributed by atoms with Crippen molar-refractivity contribution in [1.82, 2.24) is 9.97 Å². The first kappa shape index (κ1) is 10.6. The molecule has 0 radical (unpaired) electrons. The van der Waals surface area contributed by atoms with Crippen molar-refractivity contribution in [2.24, 2.45) is 0 Å². The van der Waals surface area contributed by atoms with Crippen LogP contribution in [0.15, 0.2) is 30.6 Å². The molecule has 0 bridgehead atoms. The third kappa shape index (κ3) is 1.62. The summed E-state index contributed by atoms with van der Waals surface area (Å²) in [7, 11) is 0. The number of benzene rings is 1. The highest BCUT2D eigenvalue weighted by Gasteiger charge is 2.52. The quantitative estimate of drug-likeness (QED) is 0.891. The van der Waals surface area contributed by atoms with Gasteiger partial charge in [-0.25, -0.2) is 9.97 Å². The molecule has 0 amide bonds. The summed E-state index contributed by atoms with van der Waals surface area (Å²) in [4.78, 5) is 8.14. The van der Waals surface area contributed by atoms with Gasteiger partial charge in [-0.1, -0.05) is 6.07 Å². The predicted octanol–water partition coefficient (Wildman–Crippen LogP) is 2.28. The third-order valence-corrected chi connectivity index (χ3v) is 3.73. The maximum atomic E-state index is 5.79. The van der Waals surface area contributed by atoms with E-state index in [1.165, 1.54) is 12.4 Å². The summed E-state index contributed by atoms with van der Waals surface area (Å²) in [6, 6.07) is 6.16. The van der Waals surface area contributed by atoms with Gasteiger partial charge in [-0.2, -0.15) is 0 Å². The van der Waals surface area contributed by atoms with E-state index in [1.807, 2.05) is 18.2 Å². The van der Waals surface area contributed by atoms with Gasteiger partial charge in [0.25, 0.3) is 0 Å². The summed E-state index contributed by atoms with van der Waals surface area (Å²) < 4.78 is 11.5. The van der Waals surface area contributed by atoms with Crippen LogP contribution in [0.3, 0.4) is 0 Å². The van der Waals surface area contributed by atoms with Crippen molar-refractivity contribution in [2.75, 3.05) is 12.3 Å². The summed E-state index contributed by atoms with van der Waals surface area (Å²) in [6.07, 6.45) is 5.38. The number of anilines is 1. The normalized spacial score (nSPS) is 17.9. The molecule has 4 rings (SSSR count). The average molecular weight is 255 g/mol. The lowest BCUT2D eigenvalue weighted by Gasteiger charge is -2.11. The van der Waals surface area contributed by atoms with Gasteiger partial charge in [0.15, 0.2) is 0 Å². The molecule has 1 aliphatic heterocycles. The van der Waals surface area contributed by atoms with Crippen molar-refractivity contribution in [3.05, 3.63) is 36.2 Å². The minimum absolute atomic E-state index is 0.166. The summed E-state index contributed by atoms with van der Waals surface area (Å²) in [5.41, 5.74) is 7.41. The smallest absolute Gasteiger partial charge is 0.322 e. The number of hydrogen-bond donors (Lipinski definition) is 1. The fourth-order valence-electron chi connectivity index (χ4n) is 2.55. The summed E-state index contributed by atoms with van der Waals surface area (Å²) in [5, 5.41) is 0. The Labute approximate surface area is 110 Å². The van der Waals surface area contributed by atoms with Crippen LogP contribution in [0, 0.1) is 0 Å². The van der Waals surface area contributed by atoms with Crippen LogP contribution in [0.2, 0.25) is 0 Å². The molecular weight excluding hydrogens is 242 g/mol. The Morgan fingerprint density at radius 3 is 2.74 bits per heavy atom. The minimum atomic E-state index is 0.166. The topological polar surface area (TPSA) is 70.3 Å². The van der Waals surface area contributed by atoms with Crippen molar-refractivity contribution < 1.29 is 9.47 Å². The van der Waals surface area contributed by atoms with Crippen LogP contribution in [0.25, 0.3) is 0 Å². The van der Waals surface area contributed by atoms with Crippen LogP contribution in [0.4, 0.5) is 5.69 Å². The Kier molecular flexibility index (Phi) is 2.01. The van der Waals surface area contributed by atoms with Crippen LogP contribution < -0.4 is 15.2 Å². The molecule has 5 heteroatoms. The van der Waals surface area contributed by atoms with Gasteiger partial charge in [0.2, 0.25) is 0 Å². The van der Waals surface area contributed by atoms with Crippen molar-refractivity contribution in [3.8, 4) is 17.5 Å². The fraction of sp³-hybridized carbons (Fsp3) is 0.286. The van der Waals surface area contributed by atoms with Crippen LogP contribution in [0.1, 0.15) is 18.4 Å². The van der Waals surface area contributed by atoms with Crippen molar-refractivity contribution in [3.63, 3.8) is 0 Å². The van der Waals surface area contributed by atoms with E-state index in [4.69, 9.17) is 15.2 Å². The number of hydrogen-bond acceptors (Lipinski definition) is 5. The molecule has 2 aromatic rings. The van der Waals surface area contributed by atoms with Crippen LogP contribution in [-0.2, 0) is 5.41 Å². The van der Waals surface area contributed by atoms with Gasteiger partial charge in [0.05, 0.1) is 24.7 Å². The maximum Gasteiger partial charge on any atom is 0.322 e. The van der Waals surface area contributed by atoms with Gasteiger partial charge in [-0.05, 0) is 25.0 Å². The minimum Gasteiger partial charge on any atom is -0.492 e. The first-order valence-corrected chi connectivity index (χ1v) is 6.29. The zero-order valence-electron chi connectivity index (χ0n) is 10.3. The molecule has 2 aliphatic rings. The molecule has 2 heterocycles. The SMILES string of the molecule is Nc1cnc(Oc2cccc3c2C2(CC2)CO3)nc1. The van der Waals surface area contributed by atoms with Gasteiger partial charge in [0.1, 0.15) is 11.5 Å². The number of nitrogen functional groups attached to an aromatic ring is 1.